The van der Waals surface area contributed by atoms with Crippen molar-refractivity contribution in [1.82, 2.24) is 0 Å². The van der Waals surface area contributed by atoms with Gasteiger partial charge in [-0.05, 0) is 12.8 Å². The van der Waals surface area contributed by atoms with Gasteiger partial charge in [0.25, 0.3) is 5.92 Å². The van der Waals surface area contributed by atoms with Crippen molar-refractivity contribution in [2.75, 3.05) is 0 Å². The van der Waals surface area contributed by atoms with Crippen molar-refractivity contribution in [2.45, 2.75) is 18.8 Å². The van der Waals surface area contributed by atoms with E-state index in [1.54, 1.807) is 0 Å². The maximum Gasteiger partial charge on any atom is 1.00 e. The maximum absolute atomic E-state index is 12.1. The fraction of sp³-hybridized carbons (Fsp3) is 0.800. The molecular weight excluding hydrogens is 153 g/mol. The van der Waals surface area contributed by atoms with Gasteiger partial charge in [0, 0.05) is 5.92 Å². The van der Waals surface area contributed by atoms with Crippen LogP contribution in [-0.2, 0) is 4.79 Å². The van der Waals surface area contributed by atoms with Crippen LogP contribution in [0.3, 0.4) is 0 Å². The van der Waals surface area contributed by atoms with Crippen molar-refractivity contribution in [1.29, 1.82) is 0 Å². The van der Waals surface area contributed by atoms with Crippen LogP contribution in [0.25, 0.3) is 0 Å². The number of rotatable bonds is 2. The molecule has 2 nitrogen and oxygen atoms in total. The SMILES string of the molecule is O=C([O-])C(F)(F)C1CC1.[Na+]. The summed E-state index contributed by atoms with van der Waals surface area (Å²) in [6.45, 7) is 0. The number of carboxylic acid groups (broad SMARTS) is 1. The Morgan fingerprint density at radius 1 is 1.50 bits per heavy atom. The molecule has 1 rings (SSSR count). The van der Waals surface area contributed by atoms with Gasteiger partial charge < -0.3 is 9.90 Å². The summed E-state index contributed by atoms with van der Waals surface area (Å²) in [6.07, 6.45) is 0.613. The van der Waals surface area contributed by atoms with E-state index in [0.29, 0.717) is 12.8 Å². The smallest absolute Gasteiger partial charge is 0.544 e. The number of aliphatic carboxylic acids is 1. The van der Waals surface area contributed by atoms with Crippen molar-refractivity contribution >= 4 is 5.97 Å². The largest absolute Gasteiger partial charge is 1.00 e. The van der Waals surface area contributed by atoms with Gasteiger partial charge in [-0.15, -0.1) is 0 Å². The van der Waals surface area contributed by atoms with Crippen LogP contribution in [0.15, 0.2) is 0 Å². The average molecular weight is 158 g/mol. The third-order valence-electron chi connectivity index (χ3n) is 1.36. The Labute approximate surface area is 78.9 Å². The Hall–Kier alpha value is 0.330. The third kappa shape index (κ3) is 1.90. The summed E-state index contributed by atoms with van der Waals surface area (Å²) < 4.78 is 24.1. The van der Waals surface area contributed by atoms with Gasteiger partial charge in [-0.1, -0.05) is 0 Å². The standard InChI is InChI=1S/C5H6F2O2.Na/c6-5(7,4(8)9)3-1-2-3;/h3H,1-2H2,(H,8,9);/q;+1/p-1. The van der Waals surface area contributed by atoms with Crippen LogP contribution < -0.4 is 34.7 Å². The summed E-state index contributed by atoms with van der Waals surface area (Å²) in [4.78, 5) is 9.64. The number of carbonyl (C=O) groups excluding carboxylic acids is 1. The van der Waals surface area contributed by atoms with Gasteiger partial charge in [-0.2, -0.15) is 8.78 Å². The molecule has 1 fully saturated rings. The fourth-order valence-corrected chi connectivity index (χ4v) is 0.613. The molecule has 0 unspecified atom stereocenters. The molecule has 0 aliphatic heterocycles. The predicted molar refractivity (Wildman–Crippen MR) is 22.7 cm³/mol. The molecule has 5 heteroatoms. The zero-order chi connectivity index (χ0) is 7.07. The summed E-state index contributed by atoms with van der Waals surface area (Å²) in [6, 6.07) is 0. The van der Waals surface area contributed by atoms with Crippen molar-refractivity contribution in [3.05, 3.63) is 0 Å². The quantitative estimate of drug-likeness (QED) is 0.397. The second kappa shape index (κ2) is 3.15. The van der Waals surface area contributed by atoms with Crippen LogP contribution in [0.1, 0.15) is 12.8 Å². The minimum atomic E-state index is -3.58. The fourth-order valence-electron chi connectivity index (χ4n) is 0.613. The number of carbonyl (C=O) groups is 1. The van der Waals surface area contributed by atoms with Crippen LogP contribution >= 0.6 is 0 Å². The van der Waals surface area contributed by atoms with E-state index in [4.69, 9.17) is 0 Å². The molecule has 0 aromatic rings. The van der Waals surface area contributed by atoms with E-state index in [0.717, 1.165) is 0 Å². The molecule has 0 amide bonds. The number of hydrogen-bond acceptors (Lipinski definition) is 2. The first-order chi connectivity index (χ1) is 4.05. The molecule has 0 spiro atoms. The van der Waals surface area contributed by atoms with Gasteiger partial charge in [0.15, 0.2) is 0 Å². The van der Waals surface area contributed by atoms with Crippen LogP contribution in [0.5, 0.6) is 0 Å². The second-order valence-corrected chi connectivity index (χ2v) is 2.18. The molecule has 0 aromatic heterocycles. The molecule has 1 aliphatic rings. The van der Waals surface area contributed by atoms with E-state index >= 15 is 0 Å². The van der Waals surface area contributed by atoms with Gasteiger partial charge in [0.05, 0.1) is 0 Å². The van der Waals surface area contributed by atoms with Gasteiger partial charge >= 0.3 is 29.6 Å². The van der Waals surface area contributed by atoms with Crippen molar-refractivity contribution in [3.8, 4) is 0 Å². The first kappa shape index (κ1) is 10.3. The predicted octanol–water partition coefficient (Wildman–Crippen LogP) is -3.21. The summed E-state index contributed by atoms with van der Waals surface area (Å²) in [5.41, 5.74) is 0. The Balaban J connectivity index is 0.000000810. The minimum Gasteiger partial charge on any atom is -0.544 e. The molecule has 52 valence electrons. The zero-order valence-corrected chi connectivity index (χ0v) is 7.56. The molecule has 0 N–H and O–H groups in total. The van der Waals surface area contributed by atoms with Gasteiger partial charge in [-0.25, -0.2) is 0 Å². The average Bonchev–Trinajstić information content (AvgIpc) is 2.42. The van der Waals surface area contributed by atoms with Gasteiger partial charge in [0.1, 0.15) is 5.97 Å². The number of halogens is 2. The molecule has 0 aromatic carbocycles. The molecule has 0 radical (unpaired) electrons. The van der Waals surface area contributed by atoms with E-state index in [2.05, 4.69) is 0 Å². The third-order valence-corrected chi connectivity index (χ3v) is 1.36. The van der Waals surface area contributed by atoms with E-state index < -0.39 is 17.8 Å². The summed E-state index contributed by atoms with van der Waals surface area (Å²) in [5, 5.41) is 9.64. The van der Waals surface area contributed by atoms with Crippen molar-refractivity contribution in [2.24, 2.45) is 5.92 Å². The van der Waals surface area contributed by atoms with Crippen molar-refractivity contribution in [3.63, 3.8) is 0 Å². The number of carboxylic acids is 1. The maximum atomic E-state index is 12.1. The van der Waals surface area contributed by atoms with E-state index in [9.17, 15) is 18.7 Å². The van der Waals surface area contributed by atoms with Gasteiger partial charge in [0.2, 0.25) is 0 Å². The number of hydrogen-bond donors (Lipinski definition) is 0. The van der Waals surface area contributed by atoms with E-state index in [-0.39, 0.29) is 29.6 Å². The van der Waals surface area contributed by atoms with Crippen LogP contribution in [-0.4, -0.2) is 11.9 Å². The Morgan fingerprint density at radius 3 is 2.00 bits per heavy atom. The first-order valence-electron chi connectivity index (χ1n) is 2.64. The molecule has 10 heavy (non-hydrogen) atoms. The normalized spacial score (nSPS) is 17.8. The number of alkyl halides is 2. The Morgan fingerprint density at radius 2 is 1.90 bits per heavy atom. The van der Waals surface area contributed by atoms with Crippen LogP contribution in [0.4, 0.5) is 8.78 Å². The summed E-state index contributed by atoms with van der Waals surface area (Å²) in [5.74, 6) is -6.78. The van der Waals surface area contributed by atoms with Gasteiger partial charge in [-0.3, -0.25) is 0 Å². The Kier molecular flexibility index (Phi) is 3.26. The summed E-state index contributed by atoms with van der Waals surface area (Å²) in [7, 11) is 0. The summed E-state index contributed by atoms with van der Waals surface area (Å²) >= 11 is 0. The first-order valence-corrected chi connectivity index (χ1v) is 2.64. The van der Waals surface area contributed by atoms with Crippen LogP contribution in [0.2, 0.25) is 0 Å². The molecule has 0 saturated heterocycles. The molecule has 0 bridgehead atoms. The molecule has 0 atom stereocenters. The van der Waals surface area contributed by atoms with Crippen molar-refractivity contribution < 1.29 is 48.2 Å². The van der Waals surface area contributed by atoms with E-state index in [1.165, 1.54) is 0 Å². The Bertz CT molecular complexity index is 145. The molecule has 1 saturated carbocycles. The monoisotopic (exact) mass is 158 g/mol. The second-order valence-electron chi connectivity index (χ2n) is 2.18. The molecule has 0 heterocycles. The molecular formula is C5H5F2NaO2. The molecule has 1 aliphatic carbocycles. The zero-order valence-electron chi connectivity index (χ0n) is 5.56. The topological polar surface area (TPSA) is 40.1 Å². The van der Waals surface area contributed by atoms with E-state index in [1.807, 2.05) is 0 Å². The minimum absolute atomic E-state index is 0. The van der Waals surface area contributed by atoms with Crippen LogP contribution in [0, 0.1) is 5.92 Å².